The average molecular weight is 206 g/mol. The van der Waals surface area contributed by atoms with Gasteiger partial charge in [0.05, 0.1) is 17.5 Å². The van der Waals surface area contributed by atoms with Gasteiger partial charge in [0.1, 0.15) is 0 Å². The summed E-state index contributed by atoms with van der Waals surface area (Å²) < 4.78 is 12.8. The second-order valence-corrected chi connectivity index (χ2v) is 2.56. The molecule has 6 heteroatoms. The van der Waals surface area contributed by atoms with Gasteiger partial charge in [0.15, 0.2) is 12.1 Å². The van der Waals surface area contributed by atoms with Crippen molar-refractivity contribution < 1.29 is 9.18 Å². The molecule has 1 rings (SSSR count). The molecule has 5 nitrogen and oxygen atoms in total. The van der Waals surface area contributed by atoms with Crippen LogP contribution in [0.4, 0.5) is 4.39 Å². The van der Waals surface area contributed by atoms with Gasteiger partial charge in [-0.05, 0) is 17.7 Å². The molecule has 0 bridgehead atoms. The van der Waals surface area contributed by atoms with Crippen LogP contribution in [0.15, 0.2) is 23.5 Å². The molecule has 0 aliphatic heterocycles. The van der Waals surface area contributed by atoms with Crippen LogP contribution in [-0.4, -0.2) is 17.8 Å². The molecule has 0 unspecified atom stereocenters. The van der Waals surface area contributed by atoms with Crippen LogP contribution in [0.2, 0.25) is 0 Å². The summed E-state index contributed by atoms with van der Waals surface area (Å²) >= 11 is 0. The number of nitrogens with zero attached hydrogens (tertiary/aromatic N) is 4. The standard InChI is InChI=1S/C9H7FN4O/c10-9-5-12-8(4-7(9)6-15)2-1-3-13-14-11/h1-2,4-6H,3H2. The van der Waals surface area contributed by atoms with Crippen LogP contribution in [0.5, 0.6) is 0 Å². The van der Waals surface area contributed by atoms with E-state index in [2.05, 4.69) is 15.0 Å². The molecule has 0 atom stereocenters. The third-order valence-electron chi connectivity index (χ3n) is 1.57. The normalized spacial score (nSPS) is 9.93. The lowest BCUT2D eigenvalue weighted by Gasteiger charge is -1.95. The van der Waals surface area contributed by atoms with Crippen LogP contribution in [0.3, 0.4) is 0 Å². The zero-order valence-corrected chi connectivity index (χ0v) is 7.67. The molecule has 15 heavy (non-hydrogen) atoms. The lowest BCUT2D eigenvalue weighted by Crippen LogP contribution is -1.91. The number of carbonyl (C=O) groups is 1. The Morgan fingerprint density at radius 3 is 3.13 bits per heavy atom. The Morgan fingerprint density at radius 2 is 2.47 bits per heavy atom. The quantitative estimate of drug-likeness (QED) is 0.328. The zero-order valence-electron chi connectivity index (χ0n) is 7.67. The molecular weight excluding hydrogens is 199 g/mol. The molecule has 0 radical (unpaired) electrons. The van der Waals surface area contributed by atoms with Crippen LogP contribution in [0.1, 0.15) is 16.1 Å². The topological polar surface area (TPSA) is 78.7 Å². The van der Waals surface area contributed by atoms with E-state index in [9.17, 15) is 9.18 Å². The Labute approximate surface area is 84.9 Å². The molecule has 0 N–H and O–H groups in total. The maximum atomic E-state index is 12.8. The minimum absolute atomic E-state index is 0.0477. The average Bonchev–Trinajstić information content (AvgIpc) is 2.26. The molecule has 0 aromatic carbocycles. The maximum Gasteiger partial charge on any atom is 0.153 e. The molecule has 0 saturated carbocycles. The monoisotopic (exact) mass is 206 g/mol. The summed E-state index contributed by atoms with van der Waals surface area (Å²) in [5.74, 6) is -0.655. The highest BCUT2D eigenvalue weighted by atomic mass is 19.1. The lowest BCUT2D eigenvalue weighted by molar-refractivity contribution is 0.111. The van der Waals surface area contributed by atoms with Gasteiger partial charge in [0.2, 0.25) is 0 Å². The highest BCUT2D eigenvalue weighted by Gasteiger charge is 2.00. The number of carbonyl (C=O) groups excluding carboxylic acids is 1. The van der Waals surface area contributed by atoms with Crippen molar-refractivity contribution in [2.45, 2.75) is 0 Å². The molecular formula is C9H7FN4O. The number of pyridine rings is 1. The number of halogens is 1. The SMILES string of the molecule is [N-]=[N+]=NCC=Cc1cc(C=O)c(F)cn1. The Hall–Kier alpha value is -2.20. The van der Waals surface area contributed by atoms with E-state index in [-0.39, 0.29) is 12.1 Å². The third-order valence-corrected chi connectivity index (χ3v) is 1.57. The first-order valence-electron chi connectivity index (χ1n) is 4.06. The van der Waals surface area contributed by atoms with Crippen molar-refractivity contribution in [3.63, 3.8) is 0 Å². The zero-order chi connectivity index (χ0) is 11.1. The molecule has 1 heterocycles. The second kappa shape index (κ2) is 5.51. The van der Waals surface area contributed by atoms with E-state index < -0.39 is 5.82 Å². The molecule has 0 aliphatic carbocycles. The van der Waals surface area contributed by atoms with Crippen LogP contribution in [-0.2, 0) is 0 Å². The molecule has 0 amide bonds. The molecule has 0 saturated heterocycles. The fraction of sp³-hybridized carbons (Fsp3) is 0.111. The number of azide groups is 1. The van der Waals surface area contributed by atoms with E-state index in [1.54, 1.807) is 12.2 Å². The first-order valence-corrected chi connectivity index (χ1v) is 4.06. The Morgan fingerprint density at radius 1 is 1.67 bits per heavy atom. The lowest BCUT2D eigenvalue weighted by atomic mass is 10.2. The van der Waals surface area contributed by atoms with E-state index in [4.69, 9.17) is 5.53 Å². The largest absolute Gasteiger partial charge is 0.298 e. The molecule has 0 spiro atoms. The summed E-state index contributed by atoms with van der Waals surface area (Å²) in [5.41, 5.74) is 8.38. The van der Waals surface area contributed by atoms with Gasteiger partial charge >= 0.3 is 0 Å². The minimum Gasteiger partial charge on any atom is -0.298 e. The molecule has 1 aromatic heterocycles. The fourth-order valence-electron chi connectivity index (χ4n) is 0.910. The van der Waals surface area contributed by atoms with Crippen molar-refractivity contribution >= 4 is 12.4 Å². The van der Waals surface area contributed by atoms with Crippen molar-refractivity contribution in [1.82, 2.24) is 4.98 Å². The van der Waals surface area contributed by atoms with Gasteiger partial charge in [-0.2, -0.15) is 0 Å². The van der Waals surface area contributed by atoms with Crippen molar-refractivity contribution in [1.29, 1.82) is 0 Å². The summed E-state index contributed by atoms with van der Waals surface area (Å²) in [4.78, 5) is 16.7. The first kappa shape index (κ1) is 10.9. The van der Waals surface area contributed by atoms with Crippen molar-refractivity contribution in [2.24, 2.45) is 5.11 Å². The minimum atomic E-state index is -0.655. The highest BCUT2D eigenvalue weighted by molar-refractivity contribution is 5.76. The van der Waals surface area contributed by atoms with Crippen LogP contribution >= 0.6 is 0 Å². The van der Waals surface area contributed by atoms with Gasteiger partial charge in [0.25, 0.3) is 0 Å². The molecule has 0 fully saturated rings. The van der Waals surface area contributed by atoms with Gasteiger partial charge in [-0.15, -0.1) is 0 Å². The third kappa shape index (κ3) is 3.21. The summed E-state index contributed by atoms with van der Waals surface area (Å²) in [5, 5.41) is 3.27. The van der Waals surface area contributed by atoms with Gasteiger partial charge in [-0.3, -0.25) is 9.78 Å². The number of aldehydes is 1. The second-order valence-electron chi connectivity index (χ2n) is 2.56. The van der Waals surface area contributed by atoms with Gasteiger partial charge in [-0.1, -0.05) is 11.2 Å². The summed E-state index contributed by atoms with van der Waals surface area (Å²) in [6.07, 6.45) is 4.49. The van der Waals surface area contributed by atoms with Crippen LogP contribution in [0, 0.1) is 5.82 Å². The maximum absolute atomic E-state index is 12.8. The molecule has 1 aromatic rings. The van der Waals surface area contributed by atoms with Gasteiger partial charge in [-0.25, -0.2) is 4.39 Å². The van der Waals surface area contributed by atoms with Crippen molar-refractivity contribution in [2.75, 3.05) is 6.54 Å². The Bertz CT molecular complexity index is 438. The van der Waals surface area contributed by atoms with Crippen molar-refractivity contribution in [3.05, 3.63) is 45.9 Å². The van der Waals surface area contributed by atoms with Crippen LogP contribution < -0.4 is 0 Å². The smallest absolute Gasteiger partial charge is 0.153 e. The summed E-state index contributed by atoms with van der Waals surface area (Å²) in [6, 6.07) is 1.31. The van der Waals surface area contributed by atoms with E-state index in [1.165, 1.54) is 6.07 Å². The first-order chi connectivity index (χ1) is 7.27. The number of hydrogen-bond donors (Lipinski definition) is 0. The number of hydrogen-bond acceptors (Lipinski definition) is 3. The Kier molecular flexibility index (Phi) is 4.00. The summed E-state index contributed by atoms with van der Waals surface area (Å²) in [7, 11) is 0. The fourth-order valence-corrected chi connectivity index (χ4v) is 0.910. The predicted octanol–water partition coefficient (Wildman–Crippen LogP) is 2.36. The number of aromatic nitrogens is 1. The Balaban J connectivity index is 2.82. The number of rotatable bonds is 4. The van der Waals surface area contributed by atoms with Gasteiger partial charge < -0.3 is 0 Å². The van der Waals surface area contributed by atoms with Gasteiger partial charge in [0, 0.05) is 11.5 Å². The van der Waals surface area contributed by atoms with E-state index >= 15 is 0 Å². The molecule has 76 valence electrons. The van der Waals surface area contributed by atoms with Crippen molar-refractivity contribution in [3.8, 4) is 0 Å². The van der Waals surface area contributed by atoms with Crippen LogP contribution in [0.25, 0.3) is 16.5 Å². The van der Waals surface area contributed by atoms with E-state index in [0.717, 1.165) is 6.20 Å². The molecule has 0 aliphatic rings. The predicted molar refractivity (Wildman–Crippen MR) is 52.6 cm³/mol. The van der Waals surface area contributed by atoms with E-state index in [1.807, 2.05) is 0 Å². The highest BCUT2D eigenvalue weighted by Crippen LogP contribution is 2.06. The summed E-state index contributed by atoms with van der Waals surface area (Å²) in [6.45, 7) is 0.186. The van der Waals surface area contributed by atoms with E-state index in [0.29, 0.717) is 12.0 Å².